The van der Waals surface area contributed by atoms with Gasteiger partial charge < -0.3 is 15.5 Å². The molecule has 0 bridgehead atoms. The van der Waals surface area contributed by atoms with Crippen molar-refractivity contribution in [3.05, 3.63) is 53.0 Å². The largest absolute Gasteiger partial charge is 0.326 e. The second-order valence-corrected chi connectivity index (χ2v) is 7.05. The van der Waals surface area contributed by atoms with Gasteiger partial charge in [-0.1, -0.05) is 28.1 Å². The van der Waals surface area contributed by atoms with E-state index in [2.05, 4.69) is 26.6 Å². The van der Waals surface area contributed by atoms with Crippen LogP contribution in [0.3, 0.4) is 0 Å². The summed E-state index contributed by atoms with van der Waals surface area (Å²) in [5.41, 5.74) is 1.95. The summed E-state index contributed by atoms with van der Waals surface area (Å²) in [6.07, 6.45) is 0.170. The number of nitrogens with zero attached hydrogens (tertiary/aromatic N) is 1. The van der Waals surface area contributed by atoms with Gasteiger partial charge in [0.1, 0.15) is 0 Å². The fourth-order valence-electron chi connectivity index (χ4n) is 2.90. The maximum Gasteiger partial charge on any atom is 0.229 e. The van der Waals surface area contributed by atoms with Crippen molar-refractivity contribution < 1.29 is 14.4 Å². The molecule has 2 N–H and O–H groups in total. The first-order valence-electron chi connectivity index (χ1n) is 8.17. The third-order valence-corrected chi connectivity index (χ3v) is 4.56. The first-order chi connectivity index (χ1) is 12.4. The van der Waals surface area contributed by atoms with Crippen LogP contribution in [-0.2, 0) is 14.4 Å². The molecule has 0 spiro atoms. The minimum absolute atomic E-state index is 0.0738. The molecule has 0 saturated carbocycles. The monoisotopic (exact) mass is 415 g/mol. The van der Waals surface area contributed by atoms with E-state index < -0.39 is 5.92 Å². The van der Waals surface area contributed by atoms with Gasteiger partial charge in [-0.15, -0.1) is 0 Å². The van der Waals surface area contributed by atoms with Gasteiger partial charge in [-0.05, 0) is 36.4 Å². The summed E-state index contributed by atoms with van der Waals surface area (Å²) in [5.74, 6) is -0.892. The van der Waals surface area contributed by atoms with Crippen LogP contribution in [0.5, 0.6) is 0 Å². The standard InChI is InChI=1S/C19H18BrN3O3/c1-12(24)21-15-5-3-6-16(10-15)22-19(26)13-8-18(25)23(11-13)17-7-2-4-14(20)9-17/h2-7,9-10,13H,8,11H2,1H3,(H,21,24)(H,22,26). The van der Waals surface area contributed by atoms with Crippen molar-refractivity contribution in [3.63, 3.8) is 0 Å². The average Bonchev–Trinajstić information content (AvgIpc) is 2.96. The van der Waals surface area contributed by atoms with Crippen LogP contribution in [0, 0.1) is 5.92 Å². The number of carbonyl (C=O) groups is 3. The van der Waals surface area contributed by atoms with Gasteiger partial charge in [-0.25, -0.2) is 0 Å². The van der Waals surface area contributed by atoms with E-state index in [-0.39, 0.29) is 24.1 Å². The lowest BCUT2D eigenvalue weighted by Gasteiger charge is -2.17. The molecule has 6 nitrogen and oxygen atoms in total. The summed E-state index contributed by atoms with van der Waals surface area (Å²) in [4.78, 5) is 37.6. The van der Waals surface area contributed by atoms with E-state index >= 15 is 0 Å². The molecule has 134 valence electrons. The Labute approximate surface area is 159 Å². The zero-order valence-electron chi connectivity index (χ0n) is 14.2. The zero-order valence-corrected chi connectivity index (χ0v) is 15.7. The molecule has 2 aromatic rings. The van der Waals surface area contributed by atoms with Crippen molar-refractivity contribution in [2.24, 2.45) is 5.92 Å². The number of amides is 3. The Bertz CT molecular complexity index is 869. The Morgan fingerprint density at radius 1 is 1.08 bits per heavy atom. The fourth-order valence-corrected chi connectivity index (χ4v) is 3.29. The van der Waals surface area contributed by atoms with E-state index in [1.807, 2.05) is 24.3 Å². The molecule has 1 aliphatic heterocycles. The van der Waals surface area contributed by atoms with Gasteiger partial charge in [-0.2, -0.15) is 0 Å². The average molecular weight is 416 g/mol. The van der Waals surface area contributed by atoms with E-state index in [0.717, 1.165) is 10.2 Å². The Kier molecular flexibility index (Phi) is 5.37. The number of hydrogen-bond acceptors (Lipinski definition) is 3. The topological polar surface area (TPSA) is 78.5 Å². The second kappa shape index (κ2) is 7.70. The Morgan fingerprint density at radius 3 is 2.46 bits per heavy atom. The summed E-state index contributed by atoms with van der Waals surface area (Å²) in [6.45, 7) is 1.76. The molecule has 1 fully saturated rings. The molecule has 1 atom stereocenters. The van der Waals surface area contributed by atoms with Gasteiger partial charge >= 0.3 is 0 Å². The highest BCUT2D eigenvalue weighted by molar-refractivity contribution is 9.10. The number of halogens is 1. The second-order valence-electron chi connectivity index (χ2n) is 6.14. The van der Waals surface area contributed by atoms with Crippen LogP contribution in [0.25, 0.3) is 0 Å². The van der Waals surface area contributed by atoms with E-state index in [1.54, 1.807) is 29.2 Å². The smallest absolute Gasteiger partial charge is 0.229 e. The van der Waals surface area contributed by atoms with Crippen LogP contribution in [0.2, 0.25) is 0 Å². The Morgan fingerprint density at radius 2 is 1.77 bits per heavy atom. The molecule has 0 radical (unpaired) electrons. The normalized spacial score (nSPS) is 16.5. The van der Waals surface area contributed by atoms with Crippen LogP contribution < -0.4 is 15.5 Å². The molecule has 3 amide bonds. The summed E-state index contributed by atoms with van der Waals surface area (Å²) in [7, 11) is 0. The number of hydrogen-bond donors (Lipinski definition) is 2. The molecule has 3 rings (SSSR count). The summed E-state index contributed by atoms with van der Waals surface area (Å²) in [6, 6.07) is 14.4. The lowest BCUT2D eigenvalue weighted by Crippen LogP contribution is -2.28. The summed E-state index contributed by atoms with van der Waals surface area (Å²) >= 11 is 3.39. The molecule has 26 heavy (non-hydrogen) atoms. The van der Waals surface area contributed by atoms with Crippen molar-refractivity contribution >= 4 is 50.7 Å². The number of anilines is 3. The molecule has 0 aliphatic carbocycles. The predicted octanol–water partition coefficient (Wildman–Crippen LogP) is 3.40. The molecular weight excluding hydrogens is 398 g/mol. The van der Waals surface area contributed by atoms with E-state index in [9.17, 15) is 14.4 Å². The lowest BCUT2D eigenvalue weighted by atomic mass is 10.1. The summed E-state index contributed by atoms with van der Waals surface area (Å²) in [5, 5.41) is 5.49. The highest BCUT2D eigenvalue weighted by Crippen LogP contribution is 2.28. The van der Waals surface area contributed by atoms with Gasteiger partial charge in [0, 0.05) is 41.4 Å². The maximum absolute atomic E-state index is 12.6. The fraction of sp³-hybridized carbons (Fsp3) is 0.211. The van der Waals surface area contributed by atoms with Crippen LogP contribution in [-0.4, -0.2) is 24.3 Å². The minimum Gasteiger partial charge on any atom is -0.326 e. The molecule has 1 aliphatic rings. The van der Waals surface area contributed by atoms with Crippen molar-refractivity contribution in [3.8, 4) is 0 Å². The van der Waals surface area contributed by atoms with Gasteiger partial charge in [0.15, 0.2) is 0 Å². The van der Waals surface area contributed by atoms with Gasteiger partial charge in [0.05, 0.1) is 5.92 Å². The zero-order chi connectivity index (χ0) is 18.7. The van der Waals surface area contributed by atoms with Crippen LogP contribution >= 0.6 is 15.9 Å². The third kappa shape index (κ3) is 4.29. The Hall–Kier alpha value is -2.67. The lowest BCUT2D eigenvalue weighted by molar-refractivity contribution is -0.122. The van der Waals surface area contributed by atoms with E-state index in [0.29, 0.717) is 17.9 Å². The molecule has 1 heterocycles. The molecular formula is C19H18BrN3O3. The maximum atomic E-state index is 12.6. The third-order valence-electron chi connectivity index (χ3n) is 4.07. The number of carbonyl (C=O) groups excluding carboxylic acids is 3. The van der Waals surface area contributed by atoms with Crippen molar-refractivity contribution in [1.82, 2.24) is 0 Å². The Balaban J connectivity index is 1.68. The molecule has 1 saturated heterocycles. The highest BCUT2D eigenvalue weighted by atomic mass is 79.9. The summed E-state index contributed by atoms with van der Waals surface area (Å²) < 4.78 is 0.880. The number of nitrogens with one attached hydrogen (secondary N) is 2. The molecule has 7 heteroatoms. The predicted molar refractivity (Wildman–Crippen MR) is 104 cm³/mol. The van der Waals surface area contributed by atoms with Crippen LogP contribution in [0.1, 0.15) is 13.3 Å². The van der Waals surface area contributed by atoms with Crippen molar-refractivity contribution in [1.29, 1.82) is 0 Å². The van der Waals surface area contributed by atoms with Crippen LogP contribution in [0.15, 0.2) is 53.0 Å². The number of benzene rings is 2. The molecule has 2 aromatic carbocycles. The van der Waals surface area contributed by atoms with Gasteiger partial charge in [0.2, 0.25) is 17.7 Å². The quantitative estimate of drug-likeness (QED) is 0.802. The molecule has 0 aromatic heterocycles. The SMILES string of the molecule is CC(=O)Nc1cccc(NC(=O)C2CC(=O)N(c3cccc(Br)c3)C2)c1. The van der Waals surface area contributed by atoms with Crippen molar-refractivity contribution in [2.75, 3.05) is 22.1 Å². The first-order valence-corrected chi connectivity index (χ1v) is 8.96. The van der Waals surface area contributed by atoms with Crippen LogP contribution in [0.4, 0.5) is 17.1 Å². The minimum atomic E-state index is -0.425. The van der Waals surface area contributed by atoms with Gasteiger partial charge in [-0.3, -0.25) is 14.4 Å². The first kappa shape index (κ1) is 18.1. The van der Waals surface area contributed by atoms with E-state index in [1.165, 1.54) is 6.92 Å². The highest BCUT2D eigenvalue weighted by Gasteiger charge is 2.35. The van der Waals surface area contributed by atoms with Crippen molar-refractivity contribution in [2.45, 2.75) is 13.3 Å². The molecule has 1 unspecified atom stereocenters. The van der Waals surface area contributed by atoms with E-state index in [4.69, 9.17) is 0 Å². The number of rotatable bonds is 4. The van der Waals surface area contributed by atoms with Gasteiger partial charge in [0.25, 0.3) is 0 Å².